The summed E-state index contributed by atoms with van der Waals surface area (Å²) in [5.41, 5.74) is 2.73. The Labute approximate surface area is 157 Å². The molecule has 1 amide bonds. The molecule has 0 heterocycles. The minimum Gasteiger partial charge on any atom is -0.493 e. The van der Waals surface area contributed by atoms with Crippen LogP contribution in [0, 0.1) is 13.7 Å². The largest absolute Gasteiger partial charge is 0.493 e. The van der Waals surface area contributed by atoms with Gasteiger partial charge in [0.15, 0.2) is 11.5 Å². The van der Waals surface area contributed by atoms with Gasteiger partial charge in [-0.3, -0.25) is 14.9 Å². The SMILES string of the molecule is COc1cc(C=NNC(=O)c2cccc(I)c2)c([N+](=O)[O-])cc1OC. The van der Waals surface area contributed by atoms with Crippen LogP contribution in [0.15, 0.2) is 41.5 Å². The lowest BCUT2D eigenvalue weighted by Gasteiger charge is -2.08. The van der Waals surface area contributed by atoms with Gasteiger partial charge in [0, 0.05) is 9.13 Å². The van der Waals surface area contributed by atoms with Gasteiger partial charge in [-0.2, -0.15) is 5.10 Å². The van der Waals surface area contributed by atoms with Crippen LogP contribution in [0.3, 0.4) is 0 Å². The van der Waals surface area contributed by atoms with Crippen molar-refractivity contribution in [2.75, 3.05) is 14.2 Å². The molecule has 0 bridgehead atoms. The molecule has 0 aliphatic rings. The number of ether oxygens (including phenoxy) is 2. The van der Waals surface area contributed by atoms with E-state index < -0.39 is 10.8 Å². The zero-order chi connectivity index (χ0) is 18.4. The Morgan fingerprint density at radius 1 is 1.24 bits per heavy atom. The van der Waals surface area contributed by atoms with E-state index in [1.165, 1.54) is 32.6 Å². The van der Waals surface area contributed by atoms with Crippen molar-refractivity contribution < 1.29 is 19.2 Å². The minimum absolute atomic E-state index is 0.172. The van der Waals surface area contributed by atoms with Gasteiger partial charge in [0.2, 0.25) is 0 Å². The van der Waals surface area contributed by atoms with Gasteiger partial charge in [-0.05, 0) is 46.9 Å². The molecule has 0 fully saturated rings. The van der Waals surface area contributed by atoms with Crippen LogP contribution in [0.1, 0.15) is 15.9 Å². The number of benzene rings is 2. The van der Waals surface area contributed by atoms with Gasteiger partial charge in [0.1, 0.15) is 0 Å². The Balaban J connectivity index is 2.25. The van der Waals surface area contributed by atoms with Crippen molar-refractivity contribution in [3.63, 3.8) is 0 Å². The number of carbonyl (C=O) groups excluding carboxylic acids is 1. The normalized spacial score (nSPS) is 10.5. The first-order chi connectivity index (χ1) is 12.0. The van der Waals surface area contributed by atoms with E-state index in [0.717, 1.165) is 3.57 Å². The van der Waals surface area contributed by atoms with Gasteiger partial charge in [-0.25, -0.2) is 5.43 Å². The highest BCUT2D eigenvalue weighted by molar-refractivity contribution is 14.1. The lowest BCUT2D eigenvalue weighted by Crippen LogP contribution is -2.17. The third-order valence-corrected chi connectivity index (χ3v) is 3.86. The highest BCUT2D eigenvalue weighted by atomic mass is 127. The van der Waals surface area contributed by atoms with E-state index in [1.807, 2.05) is 6.07 Å². The Kier molecular flexibility index (Phi) is 6.28. The molecule has 8 nitrogen and oxygen atoms in total. The fourth-order valence-corrected chi connectivity index (χ4v) is 2.54. The summed E-state index contributed by atoms with van der Waals surface area (Å²) in [4.78, 5) is 22.7. The molecule has 0 aliphatic heterocycles. The lowest BCUT2D eigenvalue weighted by atomic mass is 10.1. The number of rotatable bonds is 6. The summed E-state index contributed by atoms with van der Waals surface area (Å²) in [7, 11) is 2.81. The van der Waals surface area contributed by atoms with Crippen LogP contribution in [0.2, 0.25) is 0 Å². The van der Waals surface area contributed by atoms with E-state index in [2.05, 4.69) is 33.1 Å². The first-order valence-corrected chi connectivity index (χ1v) is 8.03. The molecule has 9 heteroatoms. The molecule has 0 aromatic heterocycles. The van der Waals surface area contributed by atoms with Crippen LogP contribution in [0.5, 0.6) is 11.5 Å². The molecule has 0 spiro atoms. The number of nitro groups is 1. The summed E-state index contributed by atoms with van der Waals surface area (Å²) >= 11 is 2.09. The highest BCUT2D eigenvalue weighted by Gasteiger charge is 2.18. The van der Waals surface area contributed by atoms with Gasteiger partial charge in [-0.1, -0.05) is 6.07 Å². The maximum Gasteiger partial charge on any atom is 0.282 e. The van der Waals surface area contributed by atoms with Crippen molar-refractivity contribution >= 4 is 40.4 Å². The Morgan fingerprint density at radius 2 is 1.92 bits per heavy atom. The number of amides is 1. The molecule has 0 aliphatic carbocycles. The van der Waals surface area contributed by atoms with Gasteiger partial charge < -0.3 is 9.47 Å². The quantitative estimate of drug-likeness (QED) is 0.312. The molecule has 0 unspecified atom stereocenters. The molecule has 0 saturated heterocycles. The first kappa shape index (κ1) is 18.6. The zero-order valence-corrected chi connectivity index (χ0v) is 15.5. The smallest absolute Gasteiger partial charge is 0.282 e. The average Bonchev–Trinajstić information content (AvgIpc) is 2.60. The standard InChI is InChI=1S/C16H14IN3O5/c1-24-14-7-11(13(20(22)23)8-15(14)25-2)9-18-19-16(21)10-4-3-5-12(17)6-10/h3-9H,1-2H3,(H,19,21). The number of hydrogen-bond acceptors (Lipinski definition) is 6. The number of halogens is 1. The number of methoxy groups -OCH3 is 2. The third-order valence-electron chi connectivity index (χ3n) is 3.19. The highest BCUT2D eigenvalue weighted by Crippen LogP contribution is 2.33. The van der Waals surface area contributed by atoms with Crippen molar-refractivity contribution in [2.24, 2.45) is 5.10 Å². The fourth-order valence-electron chi connectivity index (χ4n) is 2.00. The molecule has 2 aromatic rings. The third kappa shape index (κ3) is 4.66. The molecule has 1 N–H and O–H groups in total. The second-order valence-electron chi connectivity index (χ2n) is 4.73. The fraction of sp³-hybridized carbons (Fsp3) is 0.125. The van der Waals surface area contributed by atoms with Gasteiger partial charge in [0.25, 0.3) is 11.6 Å². The number of hydrazone groups is 1. The van der Waals surface area contributed by atoms with Gasteiger partial charge >= 0.3 is 0 Å². The predicted molar refractivity (Wildman–Crippen MR) is 100 cm³/mol. The van der Waals surface area contributed by atoms with Crippen molar-refractivity contribution in [1.29, 1.82) is 0 Å². The number of nitrogens with one attached hydrogen (secondary N) is 1. The Bertz CT molecular complexity index is 839. The summed E-state index contributed by atoms with van der Waals surface area (Å²) < 4.78 is 11.1. The molecule has 25 heavy (non-hydrogen) atoms. The summed E-state index contributed by atoms with van der Waals surface area (Å²) in [6.45, 7) is 0. The van der Waals surface area contributed by atoms with Crippen LogP contribution in [0.25, 0.3) is 0 Å². The second kappa shape index (κ2) is 8.42. The number of hydrogen-bond donors (Lipinski definition) is 1. The molecule has 0 saturated carbocycles. The van der Waals surface area contributed by atoms with Crippen molar-refractivity contribution in [3.8, 4) is 11.5 Å². The number of nitro benzene ring substituents is 1. The van der Waals surface area contributed by atoms with Crippen LogP contribution >= 0.6 is 22.6 Å². The molecule has 2 aromatic carbocycles. The van der Waals surface area contributed by atoms with E-state index in [9.17, 15) is 14.9 Å². The van der Waals surface area contributed by atoms with E-state index >= 15 is 0 Å². The second-order valence-corrected chi connectivity index (χ2v) is 5.98. The van der Waals surface area contributed by atoms with Crippen molar-refractivity contribution in [1.82, 2.24) is 5.43 Å². The van der Waals surface area contributed by atoms with Crippen LogP contribution < -0.4 is 14.9 Å². The minimum atomic E-state index is -0.565. The molecule has 2 rings (SSSR count). The monoisotopic (exact) mass is 455 g/mol. The van der Waals surface area contributed by atoms with Gasteiger partial charge in [0.05, 0.1) is 37.0 Å². The van der Waals surface area contributed by atoms with Crippen LogP contribution in [-0.2, 0) is 0 Å². The molecule has 0 atom stereocenters. The van der Waals surface area contributed by atoms with Crippen LogP contribution in [-0.4, -0.2) is 31.3 Å². The average molecular weight is 455 g/mol. The first-order valence-electron chi connectivity index (χ1n) is 6.95. The topological polar surface area (TPSA) is 103 Å². The molecular formula is C16H14IN3O5. The summed E-state index contributed by atoms with van der Waals surface area (Å²) in [6.07, 6.45) is 1.19. The summed E-state index contributed by atoms with van der Waals surface area (Å²) in [5.74, 6) is 0.130. The molecule has 130 valence electrons. The van der Waals surface area contributed by atoms with E-state index in [-0.39, 0.29) is 17.0 Å². The van der Waals surface area contributed by atoms with E-state index in [1.54, 1.807) is 18.2 Å². The summed E-state index contributed by atoms with van der Waals surface area (Å²) in [5, 5.41) is 15.0. The summed E-state index contributed by atoms with van der Waals surface area (Å²) in [6, 6.07) is 9.60. The molecular weight excluding hydrogens is 441 g/mol. The maximum atomic E-state index is 12.0. The zero-order valence-electron chi connectivity index (χ0n) is 13.4. The Hall–Kier alpha value is -2.69. The molecule has 0 radical (unpaired) electrons. The maximum absolute atomic E-state index is 12.0. The number of carbonyl (C=O) groups is 1. The Morgan fingerprint density at radius 3 is 2.52 bits per heavy atom. The lowest BCUT2D eigenvalue weighted by molar-refractivity contribution is -0.385. The van der Waals surface area contributed by atoms with Crippen LogP contribution in [0.4, 0.5) is 5.69 Å². The predicted octanol–water partition coefficient (Wildman–Crippen LogP) is 2.98. The van der Waals surface area contributed by atoms with E-state index in [4.69, 9.17) is 9.47 Å². The van der Waals surface area contributed by atoms with Crippen molar-refractivity contribution in [3.05, 3.63) is 61.2 Å². The van der Waals surface area contributed by atoms with E-state index in [0.29, 0.717) is 11.3 Å². The van der Waals surface area contributed by atoms with Gasteiger partial charge in [-0.15, -0.1) is 0 Å². The number of nitrogens with zero attached hydrogens (tertiary/aromatic N) is 2. The van der Waals surface area contributed by atoms with Crippen molar-refractivity contribution in [2.45, 2.75) is 0 Å².